The fourth-order valence-corrected chi connectivity index (χ4v) is 12.9. The van der Waals surface area contributed by atoms with Gasteiger partial charge in [-0.3, -0.25) is 0 Å². The first kappa shape index (κ1) is 22.2. The Morgan fingerprint density at radius 3 is 1.40 bits per heavy atom. The fourth-order valence-electron chi connectivity index (χ4n) is 6.06. The Morgan fingerprint density at radius 1 is 0.486 bits per heavy atom. The average molecular weight is 509 g/mol. The Bertz CT molecular complexity index is 1380. The van der Waals surface area contributed by atoms with Gasteiger partial charge >= 0.3 is 213 Å². The summed E-state index contributed by atoms with van der Waals surface area (Å²) in [4.78, 5) is 0. The molecule has 2 heteroatoms. The van der Waals surface area contributed by atoms with Gasteiger partial charge in [-0.15, -0.1) is 0 Å². The summed E-state index contributed by atoms with van der Waals surface area (Å²) in [6, 6.07) is 47.2. The van der Waals surface area contributed by atoms with E-state index in [-0.39, 0.29) is 0 Å². The SMILES string of the molecule is [CH3][Ge]1([CH3])[c]2ccccc2B(Cc2c(-c3ccccc3)cccc2-c2ccccc2)c2cccc[c]21. The minimum atomic E-state index is -2.35. The first-order valence-electron chi connectivity index (χ1n) is 12.6. The molecule has 5 aromatic carbocycles. The van der Waals surface area contributed by atoms with Crippen LogP contribution < -0.4 is 19.7 Å². The predicted octanol–water partition coefficient (Wildman–Crippen LogP) is 5.55. The normalized spacial score (nSPS) is 13.7. The fraction of sp³-hybridized carbons (Fsp3) is 0.0909. The van der Waals surface area contributed by atoms with Crippen molar-refractivity contribution in [2.45, 2.75) is 17.8 Å². The van der Waals surface area contributed by atoms with Crippen molar-refractivity contribution in [2.24, 2.45) is 0 Å². The van der Waals surface area contributed by atoms with Gasteiger partial charge in [0.25, 0.3) is 0 Å². The van der Waals surface area contributed by atoms with E-state index in [1.54, 1.807) is 8.79 Å². The quantitative estimate of drug-likeness (QED) is 0.279. The van der Waals surface area contributed by atoms with Crippen molar-refractivity contribution in [2.75, 3.05) is 0 Å². The second-order valence-electron chi connectivity index (χ2n) is 10.1. The van der Waals surface area contributed by atoms with Gasteiger partial charge in [0.2, 0.25) is 0 Å². The van der Waals surface area contributed by atoms with Crippen LogP contribution in [0.15, 0.2) is 127 Å². The first-order valence-corrected chi connectivity index (χ1v) is 18.9. The average Bonchev–Trinajstić information content (AvgIpc) is 2.92. The molecule has 0 aromatic heterocycles. The summed E-state index contributed by atoms with van der Waals surface area (Å²) >= 11 is -2.35. The van der Waals surface area contributed by atoms with E-state index in [1.165, 1.54) is 38.7 Å². The number of benzene rings is 5. The minimum absolute atomic E-state index is 0.355. The number of hydrogen-bond acceptors (Lipinski definition) is 0. The van der Waals surface area contributed by atoms with Gasteiger partial charge < -0.3 is 0 Å². The van der Waals surface area contributed by atoms with Crippen molar-refractivity contribution in [1.82, 2.24) is 0 Å². The third kappa shape index (κ3) is 3.89. The van der Waals surface area contributed by atoms with Gasteiger partial charge in [-0.2, -0.15) is 0 Å². The summed E-state index contributed by atoms with van der Waals surface area (Å²) in [6.45, 7) is 0.355. The Labute approximate surface area is 212 Å². The van der Waals surface area contributed by atoms with E-state index in [1.807, 2.05) is 0 Å². The van der Waals surface area contributed by atoms with E-state index < -0.39 is 13.3 Å². The van der Waals surface area contributed by atoms with Crippen molar-refractivity contribution < 1.29 is 0 Å². The molecule has 1 heterocycles. The van der Waals surface area contributed by atoms with Gasteiger partial charge in [0, 0.05) is 0 Å². The van der Waals surface area contributed by atoms with Gasteiger partial charge in [-0.25, -0.2) is 0 Å². The van der Waals surface area contributed by atoms with Crippen LogP contribution in [-0.2, 0) is 6.32 Å². The molecular weight excluding hydrogens is 480 g/mol. The third-order valence-electron chi connectivity index (χ3n) is 7.77. The number of hydrogen-bond donors (Lipinski definition) is 0. The van der Waals surface area contributed by atoms with Crippen LogP contribution in [0.3, 0.4) is 0 Å². The Morgan fingerprint density at radius 2 is 0.914 bits per heavy atom. The van der Waals surface area contributed by atoms with Gasteiger partial charge in [-0.1, -0.05) is 0 Å². The molecule has 0 saturated carbocycles. The van der Waals surface area contributed by atoms with Crippen LogP contribution in [-0.4, -0.2) is 20.0 Å². The molecule has 0 nitrogen and oxygen atoms in total. The Balaban J connectivity index is 1.59. The van der Waals surface area contributed by atoms with Crippen LogP contribution in [0.25, 0.3) is 22.3 Å². The maximum absolute atomic E-state index is 2.56. The summed E-state index contributed by atoms with van der Waals surface area (Å²) in [7, 11) is 0. The zero-order valence-corrected chi connectivity index (χ0v) is 22.5. The van der Waals surface area contributed by atoms with Crippen LogP contribution in [0.4, 0.5) is 0 Å². The molecule has 0 aliphatic carbocycles. The summed E-state index contributed by atoms with van der Waals surface area (Å²) in [5.41, 5.74) is 9.77. The molecule has 35 heavy (non-hydrogen) atoms. The van der Waals surface area contributed by atoms with Crippen molar-refractivity contribution in [3.63, 3.8) is 0 Å². The zero-order valence-electron chi connectivity index (χ0n) is 20.4. The predicted molar refractivity (Wildman–Crippen MR) is 156 cm³/mol. The third-order valence-corrected chi connectivity index (χ3v) is 15.3. The van der Waals surface area contributed by atoms with E-state index in [0.717, 1.165) is 6.32 Å². The van der Waals surface area contributed by atoms with Crippen LogP contribution in [0.1, 0.15) is 5.56 Å². The molecule has 1 aliphatic rings. The summed E-state index contributed by atoms with van der Waals surface area (Å²) < 4.78 is 3.27. The molecule has 0 spiro atoms. The summed E-state index contributed by atoms with van der Waals surface area (Å²) in [6.07, 6.45) is 0.988. The monoisotopic (exact) mass is 510 g/mol. The topological polar surface area (TPSA) is 0 Å². The number of rotatable bonds is 4. The second kappa shape index (κ2) is 9.06. The molecule has 0 N–H and O–H groups in total. The standard InChI is InChI=1S/C33H29BGe/c1-35(2)32-22-11-9-20-30(32)34(31-21-10-12-23-33(31)35)24-29-27(25-14-5-3-6-15-25)18-13-19-28(29)26-16-7-4-8-17-26/h3-23H,24H2,1-2H3. The van der Waals surface area contributed by atoms with E-state index in [4.69, 9.17) is 0 Å². The molecule has 0 radical (unpaired) electrons. The zero-order chi connectivity index (χ0) is 23.8. The molecule has 0 bridgehead atoms. The Kier molecular flexibility index (Phi) is 5.74. The van der Waals surface area contributed by atoms with Gasteiger partial charge in [0.05, 0.1) is 0 Å². The summed E-state index contributed by atoms with van der Waals surface area (Å²) in [5.74, 6) is 5.11. The van der Waals surface area contributed by atoms with Gasteiger partial charge in [0.15, 0.2) is 0 Å². The van der Waals surface area contributed by atoms with Crippen molar-refractivity contribution in [3.05, 3.63) is 133 Å². The van der Waals surface area contributed by atoms with E-state index in [0.29, 0.717) is 6.71 Å². The van der Waals surface area contributed by atoms with E-state index in [2.05, 4.69) is 139 Å². The molecule has 0 atom stereocenters. The molecule has 0 saturated heterocycles. The van der Waals surface area contributed by atoms with Gasteiger partial charge in [0.1, 0.15) is 0 Å². The first-order chi connectivity index (χ1) is 17.1. The van der Waals surface area contributed by atoms with Crippen molar-refractivity contribution >= 4 is 39.7 Å². The molecule has 0 amide bonds. The van der Waals surface area contributed by atoms with Gasteiger partial charge in [-0.05, 0) is 0 Å². The molecule has 6 rings (SSSR count). The summed E-state index contributed by atoms with van der Waals surface area (Å²) in [5, 5.41) is 0. The maximum atomic E-state index is 2.56. The molecule has 1 aliphatic heterocycles. The second-order valence-corrected chi connectivity index (χ2v) is 19.2. The van der Waals surface area contributed by atoms with Crippen molar-refractivity contribution in [3.8, 4) is 22.3 Å². The van der Waals surface area contributed by atoms with Crippen LogP contribution in [0, 0.1) is 0 Å². The van der Waals surface area contributed by atoms with Crippen LogP contribution in [0.5, 0.6) is 0 Å². The molecule has 0 fully saturated rings. The molecule has 0 unspecified atom stereocenters. The molecule has 168 valence electrons. The van der Waals surface area contributed by atoms with E-state index >= 15 is 0 Å². The molecule has 5 aromatic rings. The van der Waals surface area contributed by atoms with Crippen molar-refractivity contribution in [1.29, 1.82) is 0 Å². The van der Waals surface area contributed by atoms with Crippen LogP contribution in [0.2, 0.25) is 11.5 Å². The molecular formula is C33H29BGe. The number of fused-ring (bicyclic) bond motifs is 2. The van der Waals surface area contributed by atoms with E-state index in [9.17, 15) is 0 Å². The van der Waals surface area contributed by atoms with Crippen LogP contribution >= 0.6 is 0 Å². The Hall–Kier alpha value is -3.29.